The molecular formula is C20H27IN6S. The molecule has 0 aliphatic rings. The largest absolute Gasteiger partial charge is 0.356 e. The molecule has 0 unspecified atom stereocenters. The van der Waals surface area contributed by atoms with Crippen LogP contribution in [0.25, 0.3) is 5.69 Å². The minimum Gasteiger partial charge on any atom is -0.356 e. The van der Waals surface area contributed by atoms with E-state index < -0.39 is 0 Å². The van der Waals surface area contributed by atoms with E-state index in [1.165, 1.54) is 5.56 Å². The lowest BCUT2D eigenvalue weighted by Gasteiger charge is -2.11. The van der Waals surface area contributed by atoms with Gasteiger partial charge in [-0.2, -0.15) is 5.10 Å². The van der Waals surface area contributed by atoms with Gasteiger partial charge in [0.15, 0.2) is 5.96 Å². The smallest absolute Gasteiger partial charge is 0.191 e. The third-order valence-electron chi connectivity index (χ3n) is 4.20. The third-order valence-corrected chi connectivity index (χ3v) is 5.07. The van der Waals surface area contributed by atoms with Crippen LogP contribution in [0.4, 0.5) is 0 Å². The average molecular weight is 510 g/mol. The van der Waals surface area contributed by atoms with Crippen molar-refractivity contribution in [3.63, 3.8) is 0 Å². The van der Waals surface area contributed by atoms with Crippen LogP contribution in [0, 0.1) is 0 Å². The highest BCUT2D eigenvalue weighted by Crippen LogP contribution is 2.17. The zero-order valence-electron chi connectivity index (χ0n) is 16.4. The molecule has 8 heteroatoms. The molecule has 0 atom stereocenters. The number of aliphatic imine (C=N–C) groups is 1. The van der Waals surface area contributed by atoms with Gasteiger partial charge in [-0.25, -0.2) is 9.67 Å². The molecule has 3 aromatic rings. The Morgan fingerprint density at radius 3 is 2.61 bits per heavy atom. The maximum atomic E-state index is 4.64. The molecule has 150 valence electrons. The van der Waals surface area contributed by atoms with E-state index in [1.807, 2.05) is 16.9 Å². The van der Waals surface area contributed by atoms with Crippen LogP contribution in [-0.2, 0) is 13.0 Å². The molecule has 6 nitrogen and oxygen atoms in total. The Morgan fingerprint density at radius 1 is 1.21 bits per heavy atom. The maximum Gasteiger partial charge on any atom is 0.191 e. The van der Waals surface area contributed by atoms with Crippen LogP contribution in [0.1, 0.15) is 36.0 Å². The summed E-state index contributed by atoms with van der Waals surface area (Å²) in [5.74, 6) is 1.26. The lowest BCUT2D eigenvalue weighted by molar-refractivity contribution is 0.778. The maximum absolute atomic E-state index is 4.64. The Labute approximate surface area is 187 Å². The van der Waals surface area contributed by atoms with Gasteiger partial charge in [0.05, 0.1) is 17.9 Å². The molecule has 0 aliphatic heterocycles. The first kappa shape index (κ1) is 22.4. The number of thiazole rings is 1. The molecule has 3 rings (SSSR count). The number of aromatic nitrogens is 3. The Balaban J connectivity index is 0.00000280. The molecule has 0 aliphatic carbocycles. The van der Waals surface area contributed by atoms with Crippen molar-refractivity contribution in [3.8, 4) is 5.69 Å². The second-order valence-corrected chi connectivity index (χ2v) is 7.48. The van der Waals surface area contributed by atoms with Crippen molar-refractivity contribution in [3.05, 3.63) is 64.4 Å². The number of benzene rings is 1. The lowest BCUT2D eigenvalue weighted by Crippen LogP contribution is -2.37. The zero-order valence-corrected chi connectivity index (χ0v) is 19.6. The number of guanidine groups is 1. The van der Waals surface area contributed by atoms with Crippen LogP contribution < -0.4 is 10.6 Å². The quantitative estimate of drug-likeness (QED) is 0.287. The Morgan fingerprint density at radius 2 is 2.00 bits per heavy atom. The van der Waals surface area contributed by atoms with Crippen LogP contribution >= 0.6 is 35.3 Å². The minimum atomic E-state index is 0. The molecule has 28 heavy (non-hydrogen) atoms. The van der Waals surface area contributed by atoms with Gasteiger partial charge in [-0.15, -0.1) is 35.3 Å². The van der Waals surface area contributed by atoms with Crippen molar-refractivity contribution >= 4 is 41.3 Å². The normalized spacial score (nSPS) is 11.4. The van der Waals surface area contributed by atoms with Gasteiger partial charge in [-0.3, -0.25) is 4.99 Å². The fraction of sp³-hybridized carbons (Fsp3) is 0.350. The second-order valence-electron chi connectivity index (χ2n) is 6.54. The summed E-state index contributed by atoms with van der Waals surface area (Å²) < 4.78 is 1.86. The summed E-state index contributed by atoms with van der Waals surface area (Å²) in [5, 5.41) is 14.1. The summed E-state index contributed by atoms with van der Waals surface area (Å²) in [5.41, 5.74) is 3.49. The molecule has 0 amide bonds. The summed E-state index contributed by atoms with van der Waals surface area (Å²) in [6.45, 7) is 5.83. The van der Waals surface area contributed by atoms with Gasteiger partial charge in [0.1, 0.15) is 5.01 Å². The average Bonchev–Trinajstić information content (AvgIpc) is 3.37. The highest BCUT2D eigenvalue weighted by Gasteiger charge is 2.06. The van der Waals surface area contributed by atoms with Crippen molar-refractivity contribution in [1.82, 2.24) is 25.4 Å². The van der Waals surface area contributed by atoms with E-state index in [0.29, 0.717) is 12.5 Å². The highest BCUT2D eigenvalue weighted by molar-refractivity contribution is 14.0. The second kappa shape index (κ2) is 11.2. The Hall–Kier alpha value is -1.94. The number of halogens is 1. The van der Waals surface area contributed by atoms with Gasteiger partial charge < -0.3 is 10.6 Å². The first-order valence-corrected chi connectivity index (χ1v) is 10.0. The van der Waals surface area contributed by atoms with Crippen molar-refractivity contribution < 1.29 is 0 Å². The first-order valence-electron chi connectivity index (χ1n) is 9.13. The predicted molar refractivity (Wildman–Crippen MR) is 127 cm³/mol. The molecule has 2 heterocycles. The topological polar surface area (TPSA) is 67.1 Å². The summed E-state index contributed by atoms with van der Waals surface area (Å²) in [4.78, 5) is 8.92. The van der Waals surface area contributed by atoms with Crippen molar-refractivity contribution in [1.29, 1.82) is 0 Å². The monoisotopic (exact) mass is 510 g/mol. The van der Waals surface area contributed by atoms with E-state index in [2.05, 4.69) is 69.2 Å². The van der Waals surface area contributed by atoms with Gasteiger partial charge in [0.2, 0.25) is 0 Å². The molecule has 0 spiro atoms. The zero-order chi connectivity index (χ0) is 19.1. The molecular weight excluding hydrogens is 483 g/mol. The van der Waals surface area contributed by atoms with E-state index >= 15 is 0 Å². The third kappa shape index (κ3) is 6.30. The van der Waals surface area contributed by atoms with Crippen molar-refractivity contribution in [2.24, 2.45) is 4.99 Å². The van der Waals surface area contributed by atoms with Crippen molar-refractivity contribution in [2.45, 2.75) is 32.7 Å². The van der Waals surface area contributed by atoms with Gasteiger partial charge in [-0.05, 0) is 36.1 Å². The number of rotatable bonds is 7. The molecule has 0 radical (unpaired) electrons. The standard InChI is InChI=1S/C20H26N6S.HI/c1-15(2)18-14-27-19(25-18)13-23-20(21-3)22-11-9-16-5-7-17(8-6-16)26-12-4-10-24-26;/h4-8,10,12,14-15H,9,11,13H2,1-3H3,(H2,21,22,23);1H. The van der Waals surface area contributed by atoms with Gasteiger partial charge in [0, 0.05) is 31.4 Å². The van der Waals surface area contributed by atoms with Crippen LogP contribution in [0.15, 0.2) is 53.1 Å². The fourth-order valence-electron chi connectivity index (χ4n) is 2.61. The Kier molecular flexibility index (Phi) is 8.91. The van der Waals surface area contributed by atoms with Crippen LogP contribution in [0.2, 0.25) is 0 Å². The summed E-state index contributed by atoms with van der Waals surface area (Å²) in [7, 11) is 1.79. The fourth-order valence-corrected chi connectivity index (χ4v) is 3.51. The van der Waals surface area contributed by atoms with E-state index in [9.17, 15) is 0 Å². The van der Waals surface area contributed by atoms with Gasteiger partial charge in [-0.1, -0.05) is 26.0 Å². The first-order chi connectivity index (χ1) is 13.2. The van der Waals surface area contributed by atoms with Crippen LogP contribution in [-0.4, -0.2) is 34.3 Å². The van der Waals surface area contributed by atoms with E-state index in [4.69, 9.17) is 0 Å². The Bertz CT molecular complexity index is 855. The lowest BCUT2D eigenvalue weighted by atomic mass is 10.1. The van der Waals surface area contributed by atoms with Gasteiger partial charge in [0.25, 0.3) is 0 Å². The molecule has 0 saturated carbocycles. The summed E-state index contributed by atoms with van der Waals surface area (Å²) >= 11 is 1.69. The van der Waals surface area contributed by atoms with Gasteiger partial charge >= 0.3 is 0 Å². The van der Waals surface area contributed by atoms with E-state index in [1.54, 1.807) is 24.6 Å². The number of hydrogen-bond donors (Lipinski definition) is 2. The number of hydrogen-bond acceptors (Lipinski definition) is 4. The molecule has 0 bridgehead atoms. The van der Waals surface area contributed by atoms with Crippen LogP contribution in [0.5, 0.6) is 0 Å². The SMILES string of the molecule is CN=C(NCCc1ccc(-n2cccn2)cc1)NCc1nc(C(C)C)cs1.I. The minimum absolute atomic E-state index is 0. The number of nitrogens with one attached hydrogen (secondary N) is 2. The predicted octanol–water partition coefficient (Wildman–Crippen LogP) is 3.98. The molecule has 2 aromatic heterocycles. The molecule has 1 aromatic carbocycles. The summed E-state index contributed by atoms with van der Waals surface area (Å²) in [6.07, 6.45) is 4.65. The highest BCUT2D eigenvalue weighted by atomic mass is 127. The molecule has 2 N–H and O–H groups in total. The molecule has 0 fully saturated rings. The van der Waals surface area contributed by atoms with E-state index in [-0.39, 0.29) is 24.0 Å². The number of nitrogens with zero attached hydrogens (tertiary/aromatic N) is 4. The van der Waals surface area contributed by atoms with Crippen LogP contribution in [0.3, 0.4) is 0 Å². The van der Waals surface area contributed by atoms with E-state index in [0.717, 1.165) is 35.3 Å². The molecule has 0 saturated heterocycles. The summed E-state index contributed by atoms with van der Waals surface area (Å²) in [6, 6.07) is 10.4. The van der Waals surface area contributed by atoms with Crippen molar-refractivity contribution in [2.75, 3.05) is 13.6 Å².